The number of hydrogen-bond donors (Lipinski definition) is 1. The quantitative estimate of drug-likeness (QED) is 0.794. The molecule has 0 aromatic carbocycles. The molecule has 7 heteroatoms. The van der Waals surface area contributed by atoms with Gasteiger partial charge in [0.15, 0.2) is 6.61 Å². The summed E-state index contributed by atoms with van der Waals surface area (Å²) in [4.78, 5) is 38.6. The van der Waals surface area contributed by atoms with E-state index in [1.165, 1.54) is 23.3 Å². The summed E-state index contributed by atoms with van der Waals surface area (Å²) in [5, 5.41) is 2.77. The van der Waals surface area contributed by atoms with Crippen LogP contribution in [-0.2, 0) is 20.7 Å². The minimum Gasteiger partial charge on any atom is -0.451 e. The lowest BCUT2D eigenvalue weighted by Crippen LogP contribution is -2.46. The lowest BCUT2D eigenvalue weighted by molar-refractivity contribution is -0.137. The maximum Gasteiger partial charge on any atom is 0.348 e. The molecule has 1 rings (SSSR count). The number of hydrogen-bond acceptors (Lipinski definition) is 5. The number of likely N-dealkylation sites (N-methyl/N-ethyl adjacent to an activating group) is 1. The molecular weight excluding hydrogens is 328 g/mol. The number of carbonyl (C=O) groups is 3. The molecule has 1 aromatic rings. The molecular formula is C17H26N2O4S. The Hall–Kier alpha value is -1.89. The van der Waals surface area contributed by atoms with Crippen LogP contribution >= 0.6 is 11.3 Å². The molecule has 24 heavy (non-hydrogen) atoms. The van der Waals surface area contributed by atoms with Crippen molar-refractivity contribution in [1.82, 2.24) is 10.2 Å². The van der Waals surface area contributed by atoms with E-state index in [0.29, 0.717) is 4.88 Å². The van der Waals surface area contributed by atoms with Gasteiger partial charge in [0.05, 0.1) is 6.54 Å². The maximum atomic E-state index is 12.0. The van der Waals surface area contributed by atoms with Gasteiger partial charge in [0.2, 0.25) is 5.91 Å². The van der Waals surface area contributed by atoms with Gasteiger partial charge in [-0.15, -0.1) is 11.3 Å². The molecule has 0 radical (unpaired) electrons. The Morgan fingerprint density at radius 3 is 2.42 bits per heavy atom. The van der Waals surface area contributed by atoms with E-state index in [-0.39, 0.29) is 24.6 Å². The topological polar surface area (TPSA) is 75.7 Å². The zero-order valence-corrected chi connectivity index (χ0v) is 16.0. The van der Waals surface area contributed by atoms with Crippen LogP contribution in [0.25, 0.3) is 0 Å². The number of esters is 1. The number of rotatable bonds is 6. The second-order valence-corrected chi connectivity index (χ2v) is 7.93. The molecule has 6 nitrogen and oxygen atoms in total. The molecule has 1 heterocycles. The minimum absolute atomic E-state index is 0.0776. The van der Waals surface area contributed by atoms with Gasteiger partial charge in [0.1, 0.15) is 4.88 Å². The van der Waals surface area contributed by atoms with E-state index in [9.17, 15) is 14.4 Å². The molecule has 0 atom stereocenters. The third-order valence-electron chi connectivity index (χ3n) is 3.25. The SMILES string of the molecule is CCc1cc(C(=O)OCC(=O)N(C)CC(=O)NC(C)(C)C)sc1C. The van der Waals surface area contributed by atoms with Gasteiger partial charge in [0, 0.05) is 17.5 Å². The van der Waals surface area contributed by atoms with Crippen LogP contribution in [0.1, 0.15) is 47.8 Å². The van der Waals surface area contributed by atoms with Gasteiger partial charge in [-0.3, -0.25) is 9.59 Å². The van der Waals surface area contributed by atoms with Crippen LogP contribution in [0.15, 0.2) is 6.07 Å². The normalized spacial score (nSPS) is 11.1. The first-order chi connectivity index (χ1) is 11.0. The van der Waals surface area contributed by atoms with Crippen molar-refractivity contribution in [2.24, 2.45) is 0 Å². The highest BCUT2D eigenvalue weighted by molar-refractivity contribution is 7.14. The Kier molecular flexibility index (Phi) is 6.95. The zero-order valence-electron chi connectivity index (χ0n) is 15.2. The van der Waals surface area contributed by atoms with E-state index in [2.05, 4.69) is 5.32 Å². The second kappa shape index (κ2) is 8.28. The number of ether oxygens (including phenoxy) is 1. The fourth-order valence-electron chi connectivity index (χ4n) is 2.04. The smallest absolute Gasteiger partial charge is 0.348 e. The Morgan fingerprint density at radius 1 is 1.29 bits per heavy atom. The summed E-state index contributed by atoms with van der Waals surface area (Å²) >= 11 is 1.36. The number of amides is 2. The summed E-state index contributed by atoms with van der Waals surface area (Å²) in [7, 11) is 1.50. The molecule has 0 unspecified atom stereocenters. The van der Waals surface area contributed by atoms with E-state index in [0.717, 1.165) is 16.9 Å². The van der Waals surface area contributed by atoms with Crippen molar-refractivity contribution in [3.63, 3.8) is 0 Å². The molecule has 134 valence electrons. The predicted molar refractivity (Wildman–Crippen MR) is 94.2 cm³/mol. The highest BCUT2D eigenvalue weighted by Crippen LogP contribution is 2.22. The number of nitrogens with zero attached hydrogens (tertiary/aromatic N) is 1. The summed E-state index contributed by atoms with van der Waals surface area (Å²) in [6.07, 6.45) is 0.847. The largest absolute Gasteiger partial charge is 0.451 e. The molecule has 1 N–H and O–H groups in total. The first kappa shape index (κ1) is 20.2. The highest BCUT2D eigenvalue weighted by atomic mass is 32.1. The number of aryl methyl sites for hydroxylation is 2. The van der Waals surface area contributed by atoms with Crippen LogP contribution in [0.5, 0.6) is 0 Å². The lowest BCUT2D eigenvalue weighted by atomic mass is 10.1. The van der Waals surface area contributed by atoms with Gasteiger partial charge in [-0.1, -0.05) is 6.92 Å². The summed E-state index contributed by atoms with van der Waals surface area (Å²) in [6.45, 7) is 9.10. The van der Waals surface area contributed by atoms with Gasteiger partial charge in [-0.05, 0) is 45.7 Å². The molecule has 1 aromatic heterocycles. The number of carbonyl (C=O) groups excluding carboxylic acids is 3. The average Bonchev–Trinajstić information content (AvgIpc) is 2.83. The molecule has 0 fully saturated rings. The average molecular weight is 354 g/mol. The van der Waals surface area contributed by atoms with Gasteiger partial charge >= 0.3 is 5.97 Å². The van der Waals surface area contributed by atoms with Crippen molar-refractivity contribution in [1.29, 1.82) is 0 Å². The standard InChI is InChI=1S/C17H26N2O4S/c1-7-12-8-13(24-11(12)2)16(22)23-10-15(21)19(6)9-14(20)18-17(3,4)5/h8H,7,9-10H2,1-6H3,(H,18,20). The van der Waals surface area contributed by atoms with Gasteiger partial charge in [-0.25, -0.2) is 4.79 Å². The van der Waals surface area contributed by atoms with Crippen LogP contribution < -0.4 is 5.32 Å². The van der Waals surface area contributed by atoms with Crippen molar-refractivity contribution < 1.29 is 19.1 Å². The van der Waals surface area contributed by atoms with Gasteiger partial charge < -0.3 is 15.0 Å². The third kappa shape index (κ3) is 6.31. The molecule has 2 amide bonds. The fourth-order valence-corrected chi connectivity index (χ4v) is 3.05. The van der Waals surface area contributed by atoms with Crippen LogP contribution in [-0.4, -0.2) is 48.4 Å². The lowest BCUT2D eigenvalue weighted by Gasteiger charge is -2.23. The Morgan fingerprint density at radius 2 is 1.92 bits per heavy atom. The van der Waals surface area contributed by atoms with Crippen molar-refractivity contribution in [3.05, 3.63) is 21.4 Å². The first-order valence-electron chi connectivity index (χ1n) is 7.85. The fraction of sp³-hybridized carbons (Fsp3) is 0.588. The Labute approximate surface area is 147 Å². The van der Waals surface area contributed by atoms with E-state index < -0.39 is 11.9 Å². The Bertz CT molecular complexity index is 617. The van der Waals surface area contributed by atoms with Crippen molar-refractivity contribution in [3.8, 4) is 0 Å². The van der Waals surface area contributed by atoms with Crippen molar-refractivity contribution in [2.75, 3.05) is 20.2 Å². The van der Waals surface area contributed by atoms with Gasteiger partial charge in [0.25, 0.3) is 5.91 Å². The molecule has 0 saturated heterocycles. The van der Waals surface area contributed by atoms with E-state index >= 15 is 0 Å². The maximum absolute atomic E-state index is 12.0. The molecule has 0 aliphatic heterocycles. The first-order valence-corrected chi connectivity index (χ1v) is 8.66. The van der Waals surface area contributed by atoms with Crippen LogP contribution in [0.2, 0.25) is 0 Å². The number of nitrogens with one attached hydrogen (secondary N) is 1. The summed E-state index contributed by atoms with van der Waals surface area (Å²) in [5.74, 6) is -1.19. The molecule has 0 aliphatic rings. The monoisotopic (exact) mass is 354 g/mol. The van der Waals surface area contributed by atoms with Gasteiger partial charge in [-0.2, -0.15) is 0 Å². The van der Waals surface area contributed by atoms with Crippen LogP contribution in [0.4, 0.5) is 0 Å². The summed E-state index contributed by atoms with van der Waals surface area (Å²) in [6, 6.07) is 1.80. The zero-order chi connectivity index (χ0) is 18.5. The van der Waals surface area contributed by atoms with E-state index in [1.807, 2.05) is 34.6 Å². The number of thiophene rings is 1. The third-order valence-corrected chi connectivity index (χ3v) is 4.32. The molecule has 0 bridgehead atoms. The molecule has 0 saturated carbocycles. The van der Waals surface area contributed by atoms with Crippen molar-refractivity contribution in [2.45, 2.75) is 46.6 Å². The summed E-state index contributed by atoms with van der Waals surface area (Å²) in [5.41, 5.74) is 0.746. The van der Waals surface area contributed by atoms with E-state index in [4.69, 9.17) is 4.74 Å². The predicted octanol–water partition coefficient (Wildman–Crippen LogP) is 2.15. The molecule has 0 spiro atoms. The minimum atomic E-state index is -0.510. The Balaban J connectivity index is 2.49. The highest BCUT2D eigenvalue weighted by Gasteiger charge is 2.20. The van der Waals surface area contributed by atoms with Crippen molar-refractivity contribution >= 4 is 29.1 Å². The van der Waals surface area contributed by atoms with Crippen LogP contribution in [0, 0.1) is 6.92 Å². The van der Waals surface area contributed by atoms with Crippen LogP contribution in [0.3, 0.4) is 0 Å². The molecule has 0 aliphatic carbocycles. The van der Waals surface area contributed by atoms with E-state index in [1.54, 1.807) is 6.07 Å². The summed E-state index contributed by atoms with van der Waals surface area (Å²) < 4.78 is 5.05. The second-order valence-electron chi connectivity index (χ2n) is 6.67.